The summed E-state index contributed by atoms with van der Waals surface area (Å²) in [5, 5.41) is 34.8. The van der Waals surface area contributed by atoms with Gasteiger partial charge in [-0.05, 0) is 34.1 Å². The van der Waals surface area contributed by atoms with E-state index in [4.69, 9.17) is 36.3 Å². The van der Waals surface area contributed by atoms with Gasteiger partial charge in [0.25, 0.3) is 0 Å². The molecule has 0 spiro atoms. The van der Waals surface area contributed by atoms with Crippen LogP contribution in [-0.4, -0.2) is 77.9 Å². The Morgan fingerprint density at radius 2 is 1.59 bits per heavy atom. The van der Waals surface area contributed by atoms with Crippen LogP contribution < -0.4 is 0 Å². The minimum absolute atomic E-state index is 0.0240. The monoisotopic (exact) mass is 518 g/mol. The van der Waals surface area contributed by atoms with Crippen molar-refractivity contribution < 1.29 is 28.8 Å². The lowest BCUT2D eigenvalue weighted by molar-refractivity contribution is -0.286. The van der Waals surface area contributed by atoms with E-state index < -0.39 is 61.1 Å². The van der Waals surface area contributed by atoms with Crippen molar-refractivity contribution in [2.45, 2.75) is 74.1 Å². The Labute approximate surface area is 208 Å². The van der Waals surface area contributed by atoms with E-state index >= 15 is 4.39 Å². The highest BCUT2D eigenvalue weighted by Gasteiger charge is 2.51. The summed E-state index contributed by atoms with van der Waals surface area (Å²) in [5.41, 5.74) is 36.2. The van der Waals surface area contributed by atoms with E-state index in [9.17, 15) is 10.2 Å². The van der Waals surface area contributed by atoms with Gasteiger partial charge in [0.1, 0.15) is 24.4 Å². The van der Waals surface area contributed by atoms with Crippen molar-refractivity contribution in [3.63, 3.8) is 0 Å². The number of nitrogens with zero attached hydrogens (tertiary/aromatic N) is 12. The van der Waals surface area contributed by atoms with Gasteiger partial charge in [0.05, 0.1) is 43.5 Å². The zero-order chi connectivity index (χ0) is 26.8. The molecule has 1 saturated carbocycles. The Kier molecular flexibility index (Phi) is 10.1. The summed E-state index contributed by atoms with van der Waals surface area (Å²) in [6, 6.07) is 4.93. The Bertz CT molecular complexity index is 1100. The number of aliphatic hydroxyl groups excluding tert-OH is 2. The van der Waals surface area contributed by atoms with Crippen LogP contribution in [0.3, 0.4) is 0 Å². The Morgan fingerprint density at radius 3 is 2.24 bits per heavy atom. The van der Waals surface area contributed by atoms with Gasteiger partial charge >= 0.3 is 0 Å². The molecule has 2 fully saturated rings. The third kappa shape index (κ3) is 6.70. The van der Waals surface area contributed by atoms with Crippen molar-refractivity contribution in [2.75, 3.05) is 6.54 Å². The summed E-state index contributed by atoms with van der Waals surface area (Å²) >= 11 is 0. The molecule has 1 aromatic carbocycles. The molecule has 2 aliphatic rings. The van der Waals surface area contributed by atoms with E-state index in [1.807, 2.05) is 0 Å². The summed E-state index contributed by atoms with van der Waals surface area (Å²) in [4.78, 5) is 10.6. The lowest BCUT2D eigenvalue weighted by atomic mass is 9.84. The van der Waals surface area contributed by atoms with Crippen molar-refractivity contribution in [2.24, 2.45) is 20.5 Å². The number of azide groups is 4. The molecule has 1 aliphatic heterocycles. The number of rotatable bonds is 10. The van der Waals surface area contributed by atoms with E-state index in [1.54, 1.807) is 30.3 Å². The highest BCUT2D eigenvalue weighted by molar-refractivity contribution is 5.13. The number of hydrogen-bond donors (Lipinski definition) is 2. The van der Waals surface area contributed by atoms with Gasteiger partial charge in [-0.15, -0.1) is 0 Å². The average molecular weight is 518 g/mol. The standard InChI is InChI=1S/C19H23FN12O5/c20-13-14(28-32-24)19(37-17-11(27-31-23)6-10(26-30-22)15(33)16(17)34)36-12(7-25-29-21)18(13)35-8-9-4-2-1-3-5-9/h1-5,10-19,33-34H,6-8H2/t10-,11+,12-,13-,14-,15+,16-,17-,18-,19-/m1/s1. The summed E-state index contributed by atoms with van der Waals surface area (Å²) < 4.78 is 33.0. The van der Waals surface area contributed by atoms with Crippen LogP contribution >= 0.6 is 0 Å². The highest BCUT2D eigenvalue weighted by Crippen LogP contribution is 2.34. The number of ether oxygens (including phenoxy) is 3. The third-order valence-corrected chi connectivity index (χ3v) is 6.02. The molecule has 1 heterocycles. The summed E-state index contributed by atoms with van der Waals surface area (Å²) in [6.07, 6.45) is -11.2. The molecule has 18 heteroatoms. The van der Waals surface area contributed by atoms with E-state index in [0.29, 0.717) is 0 Å². The smallest absolute Gasteiger partial charge is 0.170 e. The average Bonchev–Trinajstić information content (AvgIpc) is 2.90. The third-order valence-electron chi connectivity index (χ3n) is 6.02. The number of halogens is 1. The van der Waals surface area contributed by atoms with Crippen molar-refractivity contribution in [3.8, 4) is 0 Å². The molecule has 10 atom stereocenters. The number of alkyl halides is 1. The maximum Gasteiger partial charge on any atom is 0.170 e. The summed E-state index contributed by atoms with van der Waals surface area (Å²) in [5.74, 6) is 0. The van der Waals surface area contributed by atoms with E-state index in [-0.39, 0.29) is 19.6 Å². The van der Waals surface area contributed by atoms with Crippen LogP contribution in [0.4, 0.5) is 4.39 Å². The molecule has 0 bridgehead atoms. The zero-order valence-electron chi connectivity index (χ0n) is 19.1. The van der Waals surface area contributed by atoms with Crippen molar-refractivity contribution in [1.29, 1.82) is 0 Å². The fourth-order valence-electron chi connectivity index (χ4n) is 4.26. The number of hydrogen-bond acceptors (Lipinski definition) is 9. The second-order valence-corrected chi connectivity index (χ2v) is 8.22. The first-order chi connectivity index (χ1) is 17.9. The molecule has 2 N–H and O–H groups in total. The van der Waals surface area contributed by atoms with Gasteiger partial charge in [0.2, 0.25) is 0 Å². The highest BCUT2D eigenvalue weighted by atomic mass is 19.1. The molecule has 37 heavy (non-hydrogen) atoms. The van der Waals surface area contributed by atoms with E-state index in [0.717, 1.165) is 5.56 Å². The summed E-state index contributed by atoms with van der Waals surface area (Å²) in [6.45, 7) is -0.391. The summed E-state index contributed by atoms with van der Waals surface area (Å²) in [7, 11) is 0. The van der Waals surface area contributed by atoms with Gasteiger partial charge < -0.3 is 24.4 Å². The first-order valence-corrected chi connectivity index (χ1v) is 11.0. The van der Waals surface area contributed by atoms with Crippen LogP contribution in [0.1, 0.15) is 12.0 Å². The second-order valence-electron chi connectivity index (χ2n) is 8.22. The Morgan fingerprint density at radius 1 is 0.919 bits per heavy atom. The van der Waals surface area contributed by atoms with Gasteiger partial charge in [-0.2, -0.15) is 0 Å². The molecule has 0 aromatic heterocycles. The second kappa shape index (κ2) is 13.5. The Hall–Kier alpha value is -3.81. The van der Waals surface area contributed by atoms with Crippen molar-refractivity contribution in [1.82, 2.24) is 0 Å². The van der Waals surface area contributed by atoms with Crippen molar-refractivity contribution in [3.05, 3.63) is 77.7 Å². The van der Waals surface area contributed by atoms with Crippen LogP contribution in [0.2, 0.25) is 0 Å². The first kappa shape index (κ1) is 27.8. The van der Waals surface area contributed by atoms with Crippen LogP contribution in [-0.2, 0) is 20.8 Å². The quantitative estimate of drug-likeness (QED) is 0.267. The zero-order valence-corrected chi connectivity index (χ0v) is 19.1. The first-order valence-electron chi connectivity index (χ1n) is 11.0. The van der Waals surface area contributed by atoms with Crippen LogP contribution in [0.15, 0.2) is 50.8 Å². The molecule has 0 unspecified atom stereocenters. The number of aliphatic hydroxyl groups is 2. The molecule has 17 nitrogen and oxygen atoms in total. The van der Waals surface area contributed by atoms with E-state index in [1.165, 1.54) is 0 Å². The molecule has 0 amide bonds. The molecule has 1 saturated heterocycles. The molecule has 196 valence electrons. The lowest BCUT2D eigenvalue weighted by Crippen LogP contribution is -2.62. The van der Waals surface area contributed by atoms with Gasteiger partial charge in [0, 0.05) is 19.6 Å². The lowest BCUT2D eigenvalue weighted by Gasteiger charge is -2.45. The van der Waals surface area contributed by atoms with Crippen LogP contribution in [0.5, 0.6) is 0 Å². The largest absolute Gasteiger partial charge is 0.390 e. The fraction of sp³-hybridized carbons (Fsp3) is 0.684. The van der Waals surface area contributed by atoms with Crippen LogP contribution in [0, 0.1) is 0 Å². The van der Waals surface area contributed by atoms with E-state index in [2.05, 4.69) is 40.1 Å². The topological polar surface area (TPSA) is 263 Å². The molecule has 0 radical (unpaired) electrons. The molecule has 3 rings (SSSR count). The molecular weight excluding hydrogens is 495 g/mol. The maximum absolute atomic E-state index is 15.7. The Balaban J connectivity index is 1.87. The van der Waals surface area contributed by atoms with Gasteiger partial charge in [-0.3, -0.25) is 0 Å². The fourth-order valence-corrected chi connectivity index (χ4v) is 4.26. The molecular formula is C19H23FN12O5. The molecule has 1 aromatic rings. The van der Waals surface area contributed by atoms with Gasteiger partial charge in [-0.1, -0.05) is 50.8 Å². The number of benzene rings is 1. The minimum atomic E-state index is -2.00. The maximum atomic E-state index is 15.7. The van der Waals surface area contributed by atoms with Gasteiger partial charge in [-0.25, -0.2) is 4.39 Å². The van der Waals surface area contributed by atoms with Gasteiger partial charge in [0.15, 0.2) is 6.29 Å². The predicted octanol–water partition coefficient (Wildman–Crippen LogP) is 3.49. The predicted molar refractivity (Wildman–Crippen MR) is 123 cm³/mol. The van der Waals surface area contributed by atoms with Crippen LogP contribution in [0.25, 0.3) is 41.8 Å². The molecule has 1 aliphatic carbocycles. The SMILES string of the molecule is [N-]=[N+]=NC[C@H]1O[C@H](O[C@H]2[C@H](O)[C@@H](O)[C@H](N=[N+]=[N-])C[C@@H]2N=[N+]=[N-])[C@H](N=[N+]=[N-])[C@@H](F)[C@@H]1OCc1ccccc1. The van der Waals surface area contributed by atoms with Crippen molar-refractivity contribution >= 4 is 0 Å². The minimum Gasteiger partial charge on any atom is -0.390 e. The normalized spacial score (nSPS) is 35.1.